The van der Waals surface area contributed by atoms with Crippen molar-refractivity contribution in [1.29, 1.82) is 0 Å². The SMILES string of the molecule is CN=C(NCCc1coc(-c2ccc(F)cc2)n1)NCCC(F)(F)F.I. The average Bonchev–Trinajstić information content (AvgIpc) is 3.02. The Hall–Kier alpha value is -1.85. The molecular weight excluding hydrogens is 467 g/mol. The lowest BCUT2D eigenvalue weighted by Crippen LogP contribution is -2.39. The van der Waals surface area contributed by atoms with Gasteiger partial charge in [0, 0.05) is 32.1 Å². The van der Waals surface area contributed by atoms with Gasteiger partial charge < -0.3 is 15.1 Å². The van der Waals surface area contributed by atoms with Crippen LogP contribution in [0, 0.1) is 5.82 Å². The fourth-order valence-electron chi connectivity index (χ4n) is 2.00. The number of hydrogen-bond donors (Lipinski definition) is 2. The van der Waals surface area contributed by atoms with Crippen LogP contribution >= 0.6 is 24.0 Å². The van der Waals surface area contributed by atoms with E-state index < -0.39 is 12.6 Å². The summed E-state index contributed by atoms with van der Waals surface area (Å²) in [4.78, 5) is 8.14. The van der Waals surface area contributed by atoms with Crippen LogP contribution in [0.1, 0.15) is 12.1 Å². The van der Waals surface area contributed by atoms with Crippen molar-refractivity contribution < 1.29 is 22.0 Å². The molecule has 2 aromatic rings. The lowest BCUT2D eigenvalue weighted by molar-refractivity contribution is -0.132. The Balaban J connectivity index is 0.00000338. The van der Waals surface area contributed by atoms with Crippen LogP contribution in [0.15, 0.2) is 39.9 Å². The molecule has 1 aromatic carbocycles. The molecule has 0 aliphatic rings. The first-order valence-corrected chi connectivity index (χ1v) is 7.59. The molecule has 0 spiro atoms. The van der Waals surface area contributed by atoms with Crippen LogP contribution in [-0.2, 0) is 6.42 Å². The number of aliphatic imine (C=N–C) groups is 1. The number of halogens is 5. The highest BCUT2D eigenvalue weighted by molar-refractivity contribution is 14.0. The summed E-state index contributed by atoms with van der Waals surface area (Å²) >= 11 is 0. The third-order valence-corrected chi connectivity index (χ3v) is 3.24. The zero-order chi connectivity index (χ0) is 18.3. The first-order valence-electron chi connectivity index (χ1n) is 7.59. The molecule has 144 valence electrons. The molecule has 26 heavy (non-hydrogen) atoms. The molecule has 1 heterocycles. The summed E-state index contributed by atoms with van der Waals surface area (Å²) in [6.45, 7) is 0.170. The van der Waals surface area contributed by atoms with E-state index >= 15 is 0 Å². The van der Waals surface area contributed by atoms with Gasteiger partial charge in [-0.05, 0) is 24.3 Å². The Bertz CT molecular complexity index is 701. The van der Waals surface area contributed by atoms with Gasteiger partial charge in [0.1, 0.15) is 12.1 Å². The van der Waals surface area contributed by atoms with E-state index in [-0.39, 0.29) is 42.3 Å². The van der Waals surface area contributed by atoms with Crippen LogP contribution in [0.25, 0.3) is 11.5 Å². The Morgan fingerprint density at radius 1 is 1.15 bits per heavy atom. The number of rotatable bonds is 6. The minimum absolute atomic E-state index is 0. The molecule has 0 atom stereocenters. The van der Waals surface area contributed by atoms with Crippen molar-refractivity contribution >= 4 is 29.9 Å². The smallest absolute Gasteiger partial charge is 0.390 e. The standard InChI is InChI=1S/C16H18F4N4O.HI/c1-21-15(23-9-7-16(18,19)20)22-8-6-13-10-25-14(24-13)11-2-4-12(17)5-3-11;/h2-5,10H,6-9H2,1H3,(H2,21,22,23);1H. The van der Waals surface area contributed by atoms with Gasteiger partial charge in [-0.25, -0.2) is 9.37 Å². The van der Waals surface area contributed by atoms with Crippen LogP contribution < -0.4 is 10.6 Å². The molecule has 0 aliphatic carbocycles. The summed E-state index contributed by atoms with van der Waals surface area (Å²) in [6, 6.07) is 5.76. The number of nitrogens with zero attached hydrogens (tertiary/aromatic N) is 2. The van der Waals surface area contributed by atoms with Gasteiger partial charge in [0.25, 0.3) is 0 Å². The molecule has 0 saturated heterocycles. The maximum atomic E-state index is 12.9. The van der Waals surface area contributed by atoms with Crippen LogP contribution in [0.3, 0.4) is 0 Å². The highest BCUT2D eigenvalue weighted by Crippen LogP contribution is 2.19. The molecule has 10 heteroatoms. The third-order valence-electron chi connectivity index (χ3n) is 3.24. The maximum Gasteiger partial charge on any atom is 0.390 e. The average molecular weight is 486 g/mol. The third kappa shape index (κ3) is 7.58. The van der Waals surface area contributed by atoms with Crippen molar-refractivity contribution in [2.75, 3.05) is 20.1 Å². The van der Waals surface area contributed by atoms with Crippen LogP contribution in [0.2, 0.25) is 0 Å². The van der Waals surface area contributed by atoms with Crippen molar-refractivity contribution in [1.82, 2.24) is 15.6 Å². The lowest BCUT2D eigenvalue weighted by atomic mass is 10.2. The van der Waals surface area contributed by atoms with E-state index in [4.69, 9.17) is 4.42 Å². The first kappa shape index (κ1) is 22.2. The van der Waals surface area contributed by atoms with E-state index in [1.165, 1.54) is 25.4 Å². The summed E-state index contributed by atoms with van der Waals surface area (Å²) in [5.74, 6) is 0.318. The Morgan fingerprint density at radius 2 is 1.81 bits per heavy atom. The molecular formula is C16H19F4IN4O. The number of aromatic nitrogens is 1. The summed E-state index contributed by atoms with van der Waals surface area (Å²) < 4.78 is 54.6. The van der Waals surface area contributed by atoms with Crippen LogP contribution in [-0.4, -0.2) is 37.3 Å². The molecule has 0 amide bonds. The molecule has 1 aromatic heterocycles. The number of alkyl halides is 3. The minimum atomic E-state index is -4.21. The zero-order valence-electron chi connectivity index (χ0n) is 13.9. The topological polar surface area (TPSA) is 62.5 Å². The molecule has 2 N–H and O–H groups in total. The molecule has 0 unspecified atom stereocenters. The second-order valence-corrected chi connectivity index (χ2v) is 5.19. The minimum Gasteiger partial charge on any atom is -0.444 e. The Morgan fingerprint density at radius 3 is 2.42 bits per heavy atom. The van der Waals surface area contributed by atoms with E-state index in [9.17, 15) is 17.6 Å². The number of oxazole rings is 1. The fraction of sp³-hybridized carbons (Fsp3) is 0.375. The fourth-order valence-corrected chi connectivity index (χ4v) is 2.00. The van der Waals surface area contributed by atoms with E-state index in [1.54, 1.807) is 12.1 Å². The number of guanidine groups is 1. The van der Waals surface area contributed by atoms with Gasteiger partial charge in [-0.3, -0.25) is 4.99 Å². The highest BCUT2D eigenvalue weighted by atomic mass is 127. The summed E-state index contributed by atoms with van der Waals surface area (Å²) in [6.07, 6.45) is -3.16. The normalized spacial score (nSPS) is 11.8. The van der Waals surface area contributed by atoms with E-state index in [1.807, 2.05) is 0 Å². The van der Waals surface area contributed by atoms with Crippen molar-refractivity contribution in [2.45, 2.75) is 19.0 Å². The largest absolute Gasteiger partial charge is 0.444 e. The summed E-state index contributed by atoms with van der Waals surface area (Å²) in [5, 5.41) is 5.49. The summed E-state index contributed by atoms with van der Waals surface area (Å²) in [5.41, 5.74) is 1.32. The van der Waals surface area contributed by atoms with Crippen molar-refractivity contribution in [3.05, 3.63) is 42.0 Å². The van der Waals surface area contributed by atoms with Gasteiger partial charge >= 0.3 is 6.18 Å². The maximum absolute atomic E-state index is 12.9. The van der Waals surface area contributed by atoms with Gasteiger partial charge in [0.2, 0.25) is 5.89 Å². The van der Waals surface area contributed by atoms with Crippen LogP contribution in [0.4, 0.5) is 17.6 Å². The van der Waals surface area contributed by atoms with E-state index in [0.29, 0.717) is 30.1 Å². The predicted octanol–water partition coefficient (Wildman–Crippen LogP) is 3.76. The second kappa shape index (κ2) is 10.3. The van der Waals surface area contributed by atoms with Crippen molar-refractivity contribution in [2.24, 2.45) is 4.99 Å². The zero-order valence-corrected chi connectivity index (χ0v) is 16.3. The van der Waals surface area contributed by atoms with Gasteiger partial charge in [-0.1, -0.05) is 0 Å². The molecule has 2 rings (SSSR count). The molecule has 0 fully saturated rings. The molecule has 0 aliphatic heterocycles. The molecule has 5 nitrogen and oxygen atoms in total. The van der Waals surface area contributed by atoms with Gasteiger partial charge in [0.15, 0.2) is 5.96 Å². The van der Waals surface area contributed by atoms with Gasteiger partial charge in [0.05, 0.1) is 12.1 Å². The first-order chi connectivity index (χ1) is 11.9. The quantitative estimate of drug-likeness (QED) is 0.283. The van der Waals surface area contributed by atoms with Gasteiger partial charge in [-0.2, -0.15) is 13.2 Å². The molecule has 0 saturated carbocycles. The number of nitrogens with one attached hydrogen (secondary N) is 2. The number of hydrogen-bond acceptors (Lipinski definition) is 3. The summed E-state index contributed by atoms with van der Waals surface area (Å²) in [7, 11) is 1.48. The molecule has 0 bridgehead atoms. The molecule has 0 radical (unpaired) electrons. The highest BCUT2D eigenvalue weighted by Gasteiger charge is 2.26. The predicted molar refractivity (Wildman–Crippen MR) is 101 cm³/mol. The van der Waals surface area contributed by atoms with Crippen molar-refractivity contribution in [3.8, 4) is 11.5 Å². The second-order valence-electron chi connectivity index (χ2n) is 5.19. The lowest BCUT2D eigenvalue weighted by Gasteiger charge is -2.12. The van der Waals surface area contributed by atoms with Gasteiger partial charge in [-0.15, -0.1) is 24.0 Å². The Labute approximate surface area is 165 Å². The number of benzene rings is 1. The van der Waals surface area contributed by atoms with E-state index in [2.05, 4.69) is 20.6 Å². The Kier molecular flexibility index (Phi) is 8.82. The monoisotopic (exact) mass is 486 g/mol. The van der Waals surface area contributed by atoms with Crippen LogP contribution in [0.5, 0.6) is 0 Å². The van der Waals surface area contributed by atoms with E-state index in [0.717, 1.165) is 0 Å². The van der Waals surface area contributed by atoms with Crippen molar-refractivity contribution in [3.63, 3.8) is 0 Å².